The number of nitrogens with two attached hydrogens (primary N) is 1. The molecule has 3 aromatic rings. The minimum Gasteiger partial charge on any atom is -0.383 e. The van der Waals surface area contributed by atoms with Crippen LogP contribution in [-0.2, 0) is 11.2 Å². The lowest BCUT2D eigenvalue weighted by molar-refractivity contribution is -0.125. The van der Waals surface area contributed by atoms with Crippen molar-refractivity contribution in [3.8, 4) is 11.1 Å². The lowest BCUT2D eigenvalue weighted by Crippen LogP contribution is -2.43. The van der Waals surface area contributed by atoms with Gasteiger partial charge in [0.2, 0.25) is 5.91 Å². The van der Waals surface area contributed by atoms with Crippen molar-refractivity contribution in [1.82, 2.24) is 10.3 Å². The van der Waals surface area contributed by atoms with Gasteiger partial charge in [0, 0.05) is 17.3 Å². The number of aromatic nitrogens is 1. The van der Waals surface area contributed by atoms with E-state index in [0.29, 0.717) is 17.7 Å². The third-order valence-corrected chi connectivity index (χ3v) is 6.91. The van der Waals surface area contributed by atoms with Gasteiger partial charge in [0.15, 0.2) is 0 Å². The summed E-state index contributed by atoms with van der Waals surface area (Å²) in [5.41, 5.74) is 12.0. The van der Waals surface area contributed by atoms with Crippen LogP contribution in [0.5, 0.6) is 0 Å². The molecule has 1 fully saturated rings. The fourth-order valence-electron chi connectivity index (χ4n) is 5.05. The quantitative estimate of drug-likeness (QED) is 0.518. The smallest absolute Gasteiger partial charge is 0.223 e. The van der Waals surface area contributed by atoms with Gasteiger partial charge in [-0.3, -0.25) is 4.79 Å². The average Bonchev–Trinajstić information content (AvgIpc) is 2.73. The highest BCUT2D eigenvalue weighted by Crippen LogP contribution is 2.35. The first-order chi connectivity index (χ1) is 15.2. The standard InChI is InChI=1S/C28H35N3O/c1-18-8-5-6-10-24(18)20-11-12-25-21(15-20)16-22(26(29)31-25)14-19(2)27(32)30-23-9-7-13-28(3,4)17-23/h5-6,8,10-12,15-16,19,23H,7,9,13-14,17H2,1-4H3,(H2,29,31)(H,30,32). The van der Waals surface area contributed by atoms with E-state index in [1.807, 2.05) is 13.0 Å². The molecular weight excluding hydrogens is 394 g/mol. The average molecular weight is 430 g/mol. The highest BCUT2D eigenvalue weighted by molar-refractivity contribution is 5.87. The van der Waals surface area contributed by atoms with Gasteiger partial charge in [-0.2, -0.15) is 0 Å². The Morgan fingerprint density at radius 3 is 2.75 bits per heavy atom. The molecule has 2 atom stereocenters. The number of pyridine rings is 1. The molecule has 32 heavy (non-hydrogen) atoms. The number of hydrogen-bond acceptors (Lipinski definition) is 3. The molecule has 1 aliphatic carbocycles. The van der Waals surface area contributed by atoms with Crippen LogP contribution in [0, 0.1) is 18.3 Å². The van der Waals surface area contributed by atoms with E-state index in [-0.39, 0.29) is 17.9 Å². The number of hydrogen-bond donors (Lipinski definition) is 2. The highest BCUT2D eigenvalue weighted by Gasteiger charge is 2.29. The van der Waals surface area contributed by atoms with Crippen LogP contribution >= 0.6 is 0 Å². The predicted octanol–water partition coefficient (Wildman–Crippen LogP) is 6.06. The number of nitrogens with one attached hydrogen (secondary N) is 1. The molecule has 4 rings (SSSR count). The molecule has 0 aliphatic heterocycles. The summed E-state index contributed by atoms with van der Waals surface area (Å²) in [6, 6.07) is 17.1. The zero-order chi connectivity index (χ0) is 22.9. The Hall–Kier alpha value is -2.88. The molecule has 1 heterocycles. The number of rotatable bonds is 5. The van der Waals surface area contributed by atoms with Crippen LogP contribution in [0.4, 0.5) is 5.82 Å². The second kappa shape index (κ2) is 8.93. The first kappa shape index (κ1) is 22.3. The molecular formula is C28H35N3O. The summed E-state index contributed by atoms with van der Waals surface area (Å²) >= 11 is 0. The van der Waals surface area contributed by atoms with Gasteiger partial charge in [0.1, 0.15) is 5.82 Å². The van der Waals surface area contributed by atoms with Crippen molar-refractivity contribution in [2.24, 2.45) is 11.3 Å². The Kier molecular flexibility index (Phi) is 6.23. The van der Waals surface area contributed by atoms with Gasteiger partial charge < -0.3 is 11.1 Å². The normalized spacial score (nSPS) is 18.9. The molecule has 1 aliphatic rings. The molecule has 0 radical (unpaired) electrons. The fourth-order valence-corrected chi connectivity index (χ4v) is 5.05. The van der Waals surface area contributed by atoms with Gasteiger partial charge in [-0.1, -0.05) is 57.5 Å². The molecule has 1 aromatic heterocycles. The van der Waals surface area contributed by atoms with E-state index in [1.165, 1.54) is 29.5 Å². The van der Waals surface area contributed by atoms with E-state index in [9.17, 15) is 4.79 Å². The number of fused-ring (bicyclic) bond motifs is 1. The minimum atomic E-state index is -0.152. The molecule has 1 amide bonds. The lowest BCUT2D eigenvalue weighted by Gasteiger charge is -2.36. The van der Waals surface area contributed by atoms with Crippen molar-refractivity contribution in [2.45, 2.75) is 65.8 Å². The van der Waals surface area contributed by atoms with E-state index in [1.54, 1.807) is 0 Å². The number of carbonyl (C=O) groups is 1. The zero-order valence-electron chi connectivity index (χ0n) is 19.7. The van der Waals surface area contributed by atoms with Gasteiger partial charge in [0.05, 0.1) is 5.52 Å². The first-order valence-electron chi connectivity index (χ1n) is 11.8. The Balaban J connectivity index is 1.52. The number of benzene rings is 2. The molecule has 0 bridgehead atoms. The monoisotopic (exact) mass is 429 g/mol. The number of anilines is 1. The molecule has 4 nitrogen and oxygen atoms in total. The second-order valence-corrected chi connectivity index (χ2v) is 10.3. The molecule has 0 saturated heterocycles. The van der Waals surface area contributed by atoms with Gasteiger partial charge in [-0.15, -0.1) is 0 Å². The van der Waals surface area contributed by atoms with Gasteiger partial charge in [-0.05, 0) is 78.5 Å². The molecule has 3 N–H and O–H groups in total. The van der Waals surface area contributed by atoms with Crippen LogP contribution in [0.1, 0.15) is 57.6 Å². The predicted molar refractivity (Wildman–Crippen MR) is 133 cm³/mol. The summed E-state index contributed by atoms with van der Waals surface area (Å²) in [5.74, 6) is 0.474. The van der Waals surface area contributed by atoms with Crippen molar-refractivity contribution in [1.29, 1.82) is 0 Å². The summed E-state index contributed by atoms with van der Waals surface area (Å²) in [6.07, 6.45) is 5.12. The van der Waals surface area contributed by atoms with Crippen molar-refractivity contribution in [3.05, 3.63) is 59.7 Å². The van der Waals surface area contributed by atoms with Crippen LogP contribution in [0.15, 0.2) is 48.5 Å². The highest BCUT2D eigenvalue weighted by atomic mass is 16.1. The zero-order valence-corrected chi connectivity index (χ0v) is 19.7. The van der Waals surface area contributed by atoms with Crippen LogP contribution in [-0.4, -0.2) is 16.9 Å². The second-order valence-electron chi connectivity index (χ2n) is 10.3. The van der Waals surface area contributed by atoms with Gasteiger partial charge in [0.25, 0.3) is 0 Å². The topological polar surface area (TPSA) is 68.0 Å². The van der Waals surface area contributed by atoms with Crippen molar-refractivity contribution < 1.29 is 4.79 Å². The maximum Gasteiger partial charge on any atom is 0.223 e. The molecule has 2 aromatic carbocycles. The fraction of sp³-hybridized carbons (Fsp3) is 0.429. The van der Waals surface area contributed by atoms with Gasteiger partial charge >= 0.3 is 0 Å². The van der Waals surface area contributed by atoms with Crippen molar-refractivity contribution in [2.75, 3.05) is 5.73 Å². The van der Waals surface area contributed by atoms with E-state index in [0.717, 1.165) is 29.3 Å². The summed E-state index contributed by atoms with van der Waals surface area (Å²) in [4.78, 5) is 17.5. The minimum absolute atomic E-state index is 0.112. The summed E-state index contributed by atoms with van der Waals surface area (Å²) in [5, 5.41) is 4.34. The van der Waals surface area contributed by atoms with Crippen molar-refractivity contribution >= 4 is 22.6 Å². The van der Waals surface area contributed by atoms with Crippen LogP contribution in [0.3, 0.4) is 0 Å². The lowest BCUT2D eigenvalue weighted by atomic mass is 9.75. The Morgan fingerprint density at radius 2 is 2.00 bits per heavy atom. The summed E-state index contributed by atoms with van der Waals surface area (Å²) in [6.45, 7) is 8.69. The summed E-state index contributed by atoms with van der Waals surface area (Å²) < 4.78 is 0. The Morgan fingerprint density at radius 1 is 1.22 bits per heavy atom. The van der Waals surface area contributed by atoms with Crippen LogP contribution in [0.25, 0.3) is 22.0 Å². The Bertz CT molecular complexity index is 1130. The number of aryl methyl sites for hydroxylation is 1. The molecule has 168 valence electrons. The van der Waals surface area contributed by atoms with E-state index in [4.69, 9.17) is 5.73 Å². The maximum absolute atomic E-state index is 12.9. The number of carbonyl (C=O) groups excluding carboxylic acids is 1. The molecule has 4 heteroatoms. The van der Waals surface area contributed by atoms with Gasteiger partial charge in [-0.25, -0.2) is 4.98 Å². The maximum atomic E-state index is 12.9. The number of nitrogen functional groups attached to an aromatic ring is 1. The van der Waals surface area contributed by atoms with Crippen molar-refractivity contribution in [3.63, 3.8) is 0 Å². The Labute approximate surface area is 191 Å². The summed E-state index contributed by atoms with van der Waals surface area (Å²) in [7, 11) is 0. The third kappa shape index (κ3) is 4.95. The molecule has 0 spiro atoms. The largest absolute Gasteiger partial charge is 0.383 e. The molecule has 1 saturated carbocycles. The third-order valence-electron chi connectivity index (χ3n) is 6.91. The molecule has 2 unspecified atom stereocenters. The van der Waals surface area contributed by atoms with E-state index < -0.39 is 0 Å². The van der Waals surface area contributed by atoms with E-state index >= 15 is 0 Å². The van der Waals surface area contributed by atoms with E-state index in [2.05, 4.69) is 73.5 Å². The SMILES string of the molecule is Cc1ccccc1-c1ccc2nc(N)c(CC(C)C(=O)NC3CCCC(C)(C)C3)cc2c1. The first-order valence-corrected chi connectivity index (χ1v) is 11.8. The van der Waals surface area contributed by atoms with Crippen LogP contribution in [0.2, 0.25) is 0 Å². The van der Waals surface area contributed by atoms with Crippen LogP contribution < -0.4 is 11.1 Å². The number of amides is 1. The number of nitrogens with zero attached hydrogens (tertiary/aromatic N) is 1.